The second-order valence-electron chi connectivity index (χ2n) is 5.02. The van der Waals surface area contributed by atoms with E-state index >= 15 is 0 Å². The minimum absolute atomic E-state index is 0.252. The van der Waals surface area contributed by atoms with Crippen molar-refractivity contribution in [2.45, 2.75) is 12.5 Å². The van der Waals surface area contributed by atoms with Crippen molar-refractivity contribution in [3.05, 3.63) is 58.8 Å². The summed E-state index contributed by atoms with van der Waals surface area (Å²) in [6.45, 7) is 0. The molecule has 7 heteroatoms. The summed E-state index contributed by atoms with van der Waals surface area (Å²) in [5.41, 5.74) is 1.10. The van der Waals surface area contributed by atoms with Crippen molar-refractivity contribution in [1.82, 2.24) is 10.3 Å². The third-order valence-corrected chi connectivity index (χ3v) is 4.62. The molecule has 1 atom stereocenters. The minimum Gasteiger partial charge on any atom is -0.340 e. The molecule has 0 aliphatic carbocycles. The number of thioether (sulfide) groups is 1. The van der Waals surface area contributed by atoms with E-state index in [0.29, 0.717) is 22.1 Å². The monoisotopic (exact) mass is 407 g/mol. The van der Waals surface area contributed by atoms with Crippen molar-refractivity contribution >= 4 is 45.2 Å². The highest BCUT2D eigenvalue weighted by molar-refractivity contribution is 9.10. The van der Waals surface area contributed by atoms with Gasteiger partial charge in [-0.2, -0.15) is 11.8 Å². The molecule has 126 valence electrons. The summed E-state index contributed by atoms with van der Waals surface area (Å²) in [5.74, 6) is 0.230. The molecule has 1 aromatic heterocycles. The van der Waals surface area contributed by atoms with Gasteiger partial charge in [0.1, 0.15) is 6.04 Å². The lowest BCUT2D eigenvalue weighted by atomic mass is 10.1. The van der Waals surface area contributed by atoms with Crippen LogP contribution in [0.4, 0.5) is 5.69 Å². The van der Waals surface area contributed by atoms with Crippen LogP contribution < -0.4 is 10.6 Å². The summed E-state index contributed by atoms with van der Waals surface area (Å²) < 4.78 is 0.693. The zero-order valence-corrected chi connectivity index (χ0v) is 15.6. The maximum atomic E-state index is 12.5. The van der Waals surface area contributed by atoms with Gasteiger partial charge in [0.2, 0.25) is 5.91 Å². The molecular weight excluding hydrogens is 390 g/mol. The molecule has 2 amide bonds. The number of pyridine rings is 1. The van der Waals surface area contributed by atoms with Crippen molar-refractivity contribution in [3.8, 4) is 0 Å². The van der Waals surface area contributed by atoms with Crippen molar-refractivity contribution in [1.29, 1.82) is 0 Å². The zero-order chi connectivity index (χ0) is 17.4. The van der Waals surface area contributed by atoms with Gasteiger partial charge in [0, 0.05) is 10.7 Å². The quantitative estimate of drug-likeness (QED) is 0.738. The van der Waals surface area contributed by atoms with E-state index in [-0.39, 0.29) is 11.8 Å². The first-order chi connectivity index (χ1) is 11.6. The highest BCUT2D eigenvalue weighted by atomic mass is 79.9. The van der Waals surface area contributed by atoms with Crippen molar-refractivity contribution in [2.24, 2.45) is 0 Å². The first kappa shape index (κ1) is 18.5. The highest BCUT2D eigenvalue weighted by Gasteiger charge is 2.22. The third-order valence-electron chi connectivity index (χ3n) is 3.28. The highest BCUT2D eigenvalue weighted by Crippen LogP contribution is 2.16. The van der Waals surface area contributed by atoms with Gasteiger partial charge >= 0.3 is 0 Å². The number of aromatic nitrogens is 1. The Morgan fingerprint density at radius 1 is 1.25 bits per heavy atom. The van der Waals surface area contributed by atoms with E-state index in [2.05, 4.69) is 31.5 Å². The Kier molecular flexibility index (Phi) is 7.27. The smallest absolute Gasteiger partial charge is 0.253 e. The van der Waals surface area contributed by atoms with E-state index in [1.54, 1.807) is 54.5 Å². The molecular formula is C17H18BrN3O2S. The normalized spacial score (nSPS) is 11.6. The molecule has 1 unspecified atom stereocenters. The maximum Gasteiger partial charge on any atom is 0.253 e. The van der Waals surface area contributed by atoms with E-state index < -0.39 is 6.04 Å². The molecule has 0 aliphatic rings. The van der Waals surface area contributed by atoms with Crippen LogP contribution in [0.5, 0.6) is 0 Å². The second-order valence-corrected chi connectivity index (χ2v) is 6.86. The Labute approximate surface area is 153 Å². The van der Waals surface area contributed by atoms with E-state index in [9.17, 15) is 9.59 Å². The van der Waals surface area contributed by atoms with Gasteiger partial charge in [-0.1, -0.05) is 12.1 Å². The fraction of sp³-hybridized carbons (Fsp3) is 0.235. The summed E-state index contributed by atoms with van der Waals surface area (Å²) in [5, 5.41) is 5.60. The average molecular weight is 408 g/mol. The van der Waals surface area contributed by atoms with Crippen molar-refractivity contribution < 1.29 is 9.59 Å². The number of rotatable bonds is 7. The van der Waals surface area contributed by atoms with Gasteiger partial charge in [0.05, 0.1) is 17.4 Å². The molecule has 0 spiro atoms. The van der Waals surface area contributed by atoms with Crippen LogP contribution in [0, 0.1) is 0 Å². The molecule has 2 aromatic rings. The topological polar surface area (TPSA) is 71.1 Å². The molecule has 24 heavy (non-hydrogen) atoms. The maximum absolute atomic E-state index is 12.5. The molecule has 2 N–H and O–H groups in total. The van der Waals surface area contributed by atoms with Gasteiger partial charge in [0.15, 0.2) is 0 Å². The number of anilines is 1. The summed E-state index contributed by atoms with van der Waals surface area (Å²) in [6.07, 6.45) is 5.71. The SMILES string of the molecule is CSCCC(NC(=O)c1ccccc1Br)C(=O)Nc1cccnc1. The molecule has 1 heterocycles. The summed E-state index contributed by atoms with van der Waals surface area (Å²) in [7, 11) is 0. The number of hydrogen-bond acceptors (Lipinski definition) is 4. The van der Waals surface area contributed by atoms with E-state index in [4.69, 9.17) is 0 Å². The molecule has 0 saturated carbocycles. The molecule has 0 fully saturated rings. The summed E-state index contributed by atoms with van der Waals surface area (Å²) in [6, 6.07) is 10.0. The predicted molar refractivity (Wildman–Crippen MR) is 101 cm³/mol. The number of halogens is 1. The lowest BCUT2D eigenvalue weighted by Gasteiger charge is -2.18. The van der Waals surface area contributed by atoms with Gasteiger partial charge in [-0.05, 0) is 58.6 Å². The Morgan fingerprint density at radius 2 is 2.04 bits per heavy atom. The van der Waals surface area contributed by atoms with E-state index in [1.165, 1.54) is 0 Å². The van der Waals surface area contributed by atoms with Crippen LogP contribution in [-0.2, 0) is 4.79 Å². The number of nitrogens with zero attached hydrogens (tertiary/aromatic N) is 1. The number of carbonyl (C=O) groups excluding carboxylic acids is 2. The first-order valence-electron chi connectivity index (χ1n) is 7.37. The van der Waals surface area contributed by atoms with Gasteiger partial charge < -0.3 is 10.6 Å². The number of hydrogen-bond donors (Lipinski definition) is 2. The van der Waals surface area contributed by atoms with Crippen molar-refractivity contribution in [2.75, 3.05) is 17.3 Å². The standard InChI is InChI=1S/C17H18BrN3O2S/c1-24-10-8-15(17(23)20-12-5-4-9-19-11-12)21-16(22)13-6-2-3-7-14(13)18/h2-7,9,11,15H,8,10H2,1H3,(H,20,23)(H,21,22). The molecule has 5 nitrogen and oxygen atoms in total. The van der Waals surface area contributed by atoms with Crippen LogP contribution in [0.3, 0.4) is 0 Å². The second kappa shape index (κ2) is 9.44. The van der Waals surface area contributed by atoms with Crippen LogP contribution in [-0.4, -0.2) is 34.8 Å². The molecule has 0 bridgehead atoms. The molecule has 0 saturated heterocycles. The van der Waals surface area contributed by atoms with Crippen LogP contribution in [0.25, 0.3) is 0 Å². The predicted octanol–water partition coefficient (Wildman–Crippen LogP) is 3.33. The van der Waals surface area contributed by atoms with Crippen LogP contribution in [0.15, 0.2) is 53.3 Å². The fourth-order valence-electron chi connectivity index (χ4n) is 2.05. The molecule has 1 aromatic carbocycles. The van der Waals surface area contributed by atoms with E-state index in [1.807, 2.05) is 12.3 Å². The van der Waals surface area contributed by atoms with Crippen LogP contribution >= 0.6 is 27.7 Å². The fourth-order valence-corrected chi connectivity index (χ4v) is 2.99. The number of amides is 2. The Morgan fingerprint density at radius 3 is 2.71 bits per heavy atom. The summed E-state index contributed by atoms with van der Waals surface area (Å²) in [4.78, 5) is 28.9. The van der Waals surface area contributed by atoms with E-state index in [0.717, 1.165) is 5.75 Å². The van der Waals surface area contributed by atoms with Gasteiger partial charge in [-0.15, -0.1) is 0 Å². The lowest BCUT2D eigenvalue weighted by molar-refractivity contribution is -0.118. The first-order valence-corrected chi connectivity index (χ1v) is 9.55. The van der Waals surface area contributed by atoms with Gasteiger partial charge in [-0.25, -0.2) is 0 Å². The van der Waals surface area contributed by atoms with Crippen molar-refractivity contribution in [3.63, 3.8) is 0 Å². The van der Waals surface area contributed by atoms with Gasteiger partial charge in [-0.3, -0.25) is 14.6 Å². The summed E-state index contributed by atoms with van der Waals surface area (Å²) >= 11 is 4.98. The zero-order valence-electron chi connectivity index (χ0n) is 13.2. The molecule has 0 radical (unpaired) electrons. The molecule has 0 aliphatic heterocycles. The van der Waals surface area contributed by atoms with Crippen LogP contribution in [0.1, 0.15) is 16.8 Å². The number of carbonyl (C=O) groups is 2. The lowest BCUT2D eigenvalue weighted by Crippen LogP contribution is -2.44. The third kappa shape index (κ3) is 5.35. The Bertz CT molecular complexity index is 697. The Balaban J connectivity index is 2.08. The number of benzene rings is 1. The average Bonchev–Trinajstić information content (AvgIpc) is 2.59. The molecule has 2 rings (SSSR count). The Hall–Kier alpha value is -1.86. The van der Waals surface area contributed by atoms with Gasteiger partial charge in [0.25, 0.3) is 5.91 Å². The number of nitrogens with one attached hydrogen (secondary N) is 2. The minimum atomic E-state index is -0.614. The van der Waals surface area contributed by atoms with Crippen LogP contribution in [0.2, 0.25) is 0 Å². The largest absolute Gasteiger partial charge is 0.340 e.